The van der Waals surface area contributed by atoms with Crippen LogP contribution in [0.2, 0.25) is 0 Å². The van der Waals surface area contributed by atoms with Crippen LogP contribution in [0.15, 0.2) is 18.3 Å². The van der Waals surface area contributed by atoms with E-state index < -0.39 is 17.4 Å². The van der Waals surface area contributed by atoms with Gasteiger partial charge in [-0.3, -0.25) is 4.79 Å². The van der Waals surface area contributed by atoms with Crippen LogP contribution in [0.25, 0.3) is 0 Å². The van der Waals surface area contributed by atoms with Crippen LogP contribution in [0, 0.1) is 0 Å². The highest BCUT2D eigenvalue weighted by atomic mass is 16.5. The van der Waals surface area contributed by atoms with Gasteiger partial charge in [0, 0.05) is 24.2 Å². The van der Waals surface area contributed by atoms with Crippen molar-refractivity contribution in [2.45, 2.75) is 30.9 Å². The fourth-order valence-corrected chi connectivity index (χ4v) is 2.20. The van der Waals surface area contributed by atoms with Gasteiger partial charge < -0.3 is 19.9 Å². The Kier molecular flexibility index (Phi) is 3.50. The topological polar surface area (TPSA) is 97.8 Å². The number of carbonyl (C=O) groups is 2. The molecule has 2 N–H and O–H groups in total. The highest BCUT2D eigenvalue weighted by molar-refractivity contribution is 5.99. The molecule has 21 heavy (non-hydrogen) atoms. The Morgan fingerprint density at radius 2 is 2.29 bits per heavy atom. The Hall–Kier alpha value is -2.15. The molecule has 2 fully saturated rings. The normalized spacial score (nSPS) is 22.6. The predicted molar refractivity (Wildman–Crippen MR) is 71.2 cm³/mol. The van der Waals surface area contributed by atoms with Crippen molar-refractivity contribution >= 4 is 11.9 Å². The Morgan fingerprint density at radius 3 is 2.90 bits per heavy atom. The van der Waals surface area contributed by atoms with Gasteiger partial charge in [-0.1, -0.05) is 0 Å². The number of carbonyl (C=O) groups excluding carboxylic acids is 1. The number of nitrogens with zero attached hydrogens (tertiary/aromatic N) is 1. The van der Waals surface area contributed by atoms with Gasteiger partial charge in [-0.15, -0.1) is 0 Å². The lowest BCUT2D eigenvalue weighted by Crippen LogP contribution is -2.43. The molecule has 112 valence electrons. The zero-order valence-corrected chi connectivity index (χ0v) is 11.4. The number of amides is 1. The van der Waals surface area contributed by atoms with E-state index >= 15 is 0 Å². The zero-order valence-electron chi connectivity index (χ0n) is 11.4. The van der Waals surface area contributed by atoms with Gasteiger partial charge >= 0.3 is 5.97 Å². The number of aromatic nitrogens is 1. The van der Waals surface area contributed by atoms with Crippen LogP contribution >= 0.6 is 0 Å². The first-order valence-electron chi connectivity index (χ1n) is 6.85. The molecule has 1 atom stereocenters. The van der Waals surface area contributed by atoms with Crippen molar-refractivity contribution in [3.63, 3.8) is 0 Å². The number of ether oxygens (including phenoxy) is 2. The third kappa shape index (κ3) is 2.97. The second-order valence-corrected chi connectivity index (χ2v) is 5.33. The fourth-order valence-electron chi connectivity index (χ4n) is 2.20. The summed E-state index contributed by atoms with van der Waals surface area (Å²) < 4.78 is 10.8. The summed E-state index contributed by atoms with van der Waals surface area (Å²) in [5, 5.41) is 11.6. The molecule has 3 rings (SSSR count). The lowest BCUT2D eigenvalue weighted by molar-refractivity contribution is -0.140. The number of rotatable bonds is 5. The molecule has 1 aliphatic heterocycles. The molecule has 2 heterocycles. The second-order valence-electron chi connectivity index (χ2n) is 5.33. The van der Waals surface area contributed by atoms with Crippen molar-refractivity contribution in [2.24, 2.45) is 0 Å². The van der Waals surface area contributed by atoms with Gasteiger partial charge in [0.15, 0.2) is 0 Å². The molecule has 0 spiro atoms. The maximum atomic E-state index is 12.1. The van der Waals surface area contributed by atoms with Crippen LogP contribution in [-0.2, 0) is 9.53 Å². The summed E-state index contributed by atoms with van der Waals surface area (Å²) >= 11 is 0. The van der Waals surface area contributed by atoms with Gasteiger partial charge in [0.05, 0.1) is 13.2 Å². The average Bonchev–Trinajstić information content (AvgIpc) is 3.07. The van der Waals surface area contributed by atoms with Crippen molar-refractivity contribution in [1.82, 2.24) is 10.3 Å². The fraction of sp³-hybridized carbons (Fsp3) is 0.500. The first kappa shape index (κ1) is 13.8. The van der Waals surface area contributed by atoms with E-state index in [1.807, 2.05) is 0 Å². The summed E-state index contributed by atoms with van der Waals surface area (Å²) in [7, 11) is 0. The van der Waals surface area contributed by atoms with E-state index in [1.165, 1.54) is 18.3 Å². The first-order chi connectivity index (χ1) is 10.1. The minimum atomic E-state index is -1.10. The van der Waals surface area contributed by atoms with Crippen molar-refractivity contribution < 1.29 is 24.2 Å². The molecular weight excluding hydrogens is 276 g/mol. The van der Waals surface area contributed by atoms with E-state index in [9.17, 15) is 9.59 Å². The molecule has 1 aromatic heterocycles. The molecule has 1 aliphatic carbocycles. The van der Waals surface area contributed by atoms with E-state index in [0.717, 1.165) is 6.42 Å². The highest BCUT2D eigenvalue weighted by Gasteiger charge is 2.51. The maximum Gasteiger partial charge on any atom is 0.329 e. The van der Waals surface area contributed by atoms with E-state index in [4.69, 9.17) is 14.6 Å². The Labute approximate surface area is 121 Å². The van der Waals surface area contributed by atoms with Gasteiger partial charge in [0.25, 0.3) is 5.91 Å². The Balaban J connectivity index is 1.67. The van der Waals surface area contributed by atoms with E-state index in [-0.39, 0.29) is 6.10 Å². The van der Waals surface area contributed by atoms with Crippen molar-refractivity contribution in [3.8, 4) is 5.88 Å². The Bertz CT molecular complexity index is 564. The summed E-state index contributed by atoms with van der Waals surface area (Å²) in [6.07, 6.45) is 3.13. The van der Waals surface area contributed by atoms with Gasteiger partial charge in [0.1, 0.15) is 11.6 Å². The van der Waals surface area contributed by atoms with Gasteiger partial charge in [-0.25, -0.2) is 9.78 Å². The number of aliphatic carboxylic acids is 1. The van der Waals surface area contributed by atoms with Crippen molar-refractivity contribution in [3.05, 3.63) is 23.9 Å². The van der Waals surface area contributed by atoms with Crippen LogP contribution in [0.3, 0.4) is 0 Å². The van der Waals surface area contributed by atoms with Crippen LogP contribution in [-0.4, -0.2) is 46.8 Å². The number of hydrogen-bond donors (Lipinski definition) is 2. The number of pyridine rings is 1. The number of carboxylic acids is 1. The molecule has 1 aromatic rings. The van der Waals surface area contributed by atoms with Crippen LogP contribution in [0.5, 0.6) is 5.88 Å². The summed E-state index contributed by atoms with van der Waals surface area (Å²) in [5.74, 6) is -1.08. The molecule has 1 unspecified atom stereocenters. The zero-order chi connectivity index (χ0) is 14.9. The first-order valence-corrected chi connectivity index (χ1v) is 6.85. The predicted octanol–water partition coefficient (Wildman–Crippen LogP) is 0.596. The SMILES string of the molecule is O=C(NC1(C(=O)O)CC1)c1ccnc(OC2CCOC2)c1. The van der Waals surface area contributed by atoms with Crippen LogP contribution in [0.1, 0.15) is 29.6 Å². The monoisotopic (exact) mass is 292 g/mol. The highest BCUT2D eigenvalue weighted by Crippen LogP contribution is 2.35. The molecule has 1 amide bonds. The minimum Gasteiger partial charge on any atom is -0.480 e. The molecule has 2 aliphatic rings. The third-order valence-electron chi connectivity index (χ3n) is 3.68. The summed E-state index contributed by atoms with van der Waals surface area (Å²) in [6.45, 7) is 1.17. The van der Waals surface area contributed by atoms with E-state index in [2.05, 4.69) is 10.3 Å². The smallest absolute Gasteiger partial charge is 0.329 e. The third-order valence-corrected chi connectivity index (χ3v) is 3.68. The molecular formula is C14H16N2O5. The molecule has 0 aromatic carbocycles. The van der Waals surface area contributed by atoms with Gasteiger partial charge in [0.2, 0.25) is 5.88 Å². The number of hydrogen-bond acceptors (Lipinski definition) is 5. The van der Waals surface area contributed by atoms with Crippen molar-refractivity contribution in [2.75, 3.05) is 13.2 Å². The largest absolute Gasteiger partial charge is 0.480 e. The molecule has 0 bridgehead atoms. The standard InChI is InChI=1S/C14H16N2O5/c17-12(16-14(3-4-14)13(18)19)9-1-5-15-11(7-9)21-10-2-6-20-8-10/h1,5,7,10H,2-4,6,8H2,(H,16,17)(H,18,19). The molecule has 0 radical (unpaired) electrons. The summed E-state index contributed by atoms with van der Waals surface area (Å²) in [6, 6.07) is 3.05. The maximum absolute atomic E-state index is 12.1. The van der Waals surface area contributed by atoms with Crippen molar-refractivity contribution in [1.29, 1.82) is 0 Å². The minimum absolute atomic E-state index is 0.0513. The molecule has 1 saturated carbocycles. The van der Waals surface area contributed by atoms with Crippen LogP contribution in [0.4, 0.5) is 0 Å². The number of nitrogens with one attached hydrogen (secondary N) is 1. The molecule has 7 heteroatoms. The van der Waals surface area contributed by atoms with Crippen LogP contribution < -0.4 is 10.1 Å². The quantitative estimate of drug-likeness (QED) is 0.824. The Morgan fingerprint density at radius 1 is 1.48 bits per heavy atom. The summed E-state index contributed by atoms with van der Waals surface area (Å²) in [4.78, 5) is 27.3. The van der Waals surface area contributed by atoms with Gasteiger partial charge in [-0.2, -0.15) is 0 Å². The van der Waals surface area contributed by atoms with E-state index in [1.54, 1.807) is 0 Å². The molecule has 1 saturated heterocycles. The molecule has 7 nitrogen and oxygen atoms in total. The average molecular weight is 292 g/mol. The second kappa shape index (κ2) is 5.33. The van der Waals surface area contributed by atoms with E-state index in [0.29, 0.717) is 37.5 Å². The lowest BCUT2D eigenvalue weighted by atomic mass is 10.2. The lowest BCUT2D eigenvalue weighted by Gasteiger charge is -2.14. The summed E-state index contributed by atoms with van der Waals surface area (Å²) in [5.41, 5.74) is -0.757. The van der Waals surface area contributed by atoms with Gasteiger partial charge in [-0.05, 0) is 18.9 Å². The number of carboxylic acid groups (broad SMARTS) is 1.